The van der Waals surface area contributed by atoms with Crippen molar-refractivity contribution < 1.29 is 0 Å². The molecule has 1 saturated carbocycles. The van der Waals surface area contributed by atoms with Crippen LogP contribution in [0.15, 0.2) is 5.38 Å². The second-order valence-corrected chi connectivity index (χ2v) is 6.87. The number of rotatable bonds is 7. The molecule has 0 aromatic carbocycles. The maximum Gasteiger partial charge on any atom is 0.185 e. The monoisotopic (exact) mass is 294 g/mol. The molecule has 0 spiro atoms. The topological polar surface area (TPSA) is 31.4 Å². The SMILES string of the molecule is CCCNCc1csc(N2CCN(CC3CC3)CC2)n1. The van der Waals surface area contributed by atoms with E-state index in [4.69, 9.17) is 4.98 Å². The summed E-state index contributed by atoms with van der Waals surface area (Å²) in [6, 6.07) is 0. The molecule has 1 N–H and O–H groups in total. The number of anilines is 1. The Labute approximate surface area is 126 Å². The van der Waals surface area contributed by atoms with Crippen LogP contribution in [0.1, 0.15) is 31.9 Å². The summed E-state index contributed by atoms with van der Waals surface area (Å²) >= 11 is 1.80. The molecule has 0 atom stereocenters. The van der Waals surface area contributed by atoms with Crippen LogP contribution >= 0.6 is 11.3 Å². The van der Waals surface area contributed by atoms with E-state index in [0.717, 1.165) is 32.1 Å². The lowest BCUT2D eigenvalue weighted by Gasteiger charge is -2.34. The average Bonchev–Trinajstić information content (AvgIpc) is 3.16. The van der Waals surface area contributed by atoms with Gasteiger partial charge in [-0.25, -0.2) is 4.98 Å². The second kappa shape index (κ2) is 6.87. The molecule has 0 radical (unpaired) electrons. The Hall–Kier alpha value is -0.650. The van der Waals surface area contributed by atoms with Crippen molar-refractivity contribution in [1.82, 2.24) is 15.2 Å². The maximum atomic E-state index is 4.77. The highest BCUT2D eigenvalue weighted by atomic mass is 32.1. The van der Waals surface area contributed by atoms with Gasteiger partial charge in [-0.2, -0.15) is 0 Å². The van der Waals surface area contributed by atoms with E-state index < -0.39 is 0 Å². The summed E-state index contributed by atoms with van der Waals surface area (Å²) in [6.45, 7) is 10.2. The molecule has 2 aliphatic rings. The second-order valence-electron chi connectivity index (χ2n) is 6.03. The van der Waals surface area contributed by atoms with E-state index in [1.54, 1.807) is 11.3 Å². The summed E-state index contributed by atoms with van der Waals surface area (Å²) in [6.07, 6.45) is 4.10. The van der Waals surface area contributed by atoms with Crippen molar-refractivity contribution in [2.45, 2.75) is 32.7 Å². The Bertz CT molecular complexity index is 408. The molecular formula is C15H26N4S. The molecule has 5 heteroatoms. The number of nitrogens with one attached hydrogen (secondary N) is 1. The van der Waals surface area contributed by atoms with Gasteiger partial charge in [-0.15, -0.1) is 11.3 Å². The van der Waals surface area contributed by atoms with Crippen LogP contribution in [-0.2, 0) is 6.54 Å². The van der Waals surface area contributed by atoms with Crippen molar-refractivity contribution in [2.24, 2.45) is 5.92 Å². The highest BCUT2D eigenvalue weighted by molar-refractivity contribution is 7.13. The van der Waals surface area contributed by atoms with Crippen molar-refractivity contribution in [2.75, 3.05) is 44.2 Å². The zero-order valence-corrected chi connectivity index (χ0v) is 13.3. The third-order valence-corrected chi connectivity index (χ3v) is 5.08. The summed E-state index contributed by atoms with van der Waals surface area (Å²) in [5.74, 6) is 1.01. The van der Waals surface area contributed by atoms with Gasteiger partial charge in [0.05, 0.1) is 5.69 Å². The van der Waals surface area contributed by atoms with Gasteiger partial charge in [0.15, 0.2) is 5.13 Å². The van der Waals surface area contributed by atoms with Crippen molar-refractivity contribution in [3.05, 3.63) is 11.1 Å². The van der Waals surface area contributed by atoms with Crippen molar-refractivity contribution in [1.29, 1.82) is 0 Å². The standard InChI is InChI=1S/C15H26N4S/c1-2-5-16-10-14-12-20-15(17-14)19-8-6-18(7-9-19)11-13-3-4-13/h12-13,16H,2-11H2,1H3. The lowest BCUT2D eigenvalue weighted by atomic mass is 10.3. The third kappa shape index (κ3) is 3.93. The largest absolute Gasteiger partial charge is 0.346 e. The van der Waals surface area contributed by atoms with Gasteiger partial charge in [0, 0.05) is 44.6 Å². The molecule has 4 nitrogen and oxygen atoms in total. The molecule has 2 fully saturated rings. The van der Waals surface area contributed by atoms with E-state index in [1.807, 2.05) is 0 Å². The van der Waals surface area contributed by atoms with Gasteiger partial charge < -0.3 is 10.2 Å². The normalized spacial score (nSPS) is 20.6. The third-order valence-electron chi connectivity index (χ3n) is 4.13. The molecule has 20 heavy (non-hydrogen) atoms. The minimum atomic E-state index is 0.909. The Morgan fingerprint density at radius 3 is 2.80 bits per heavy atom. The van der Waals surface area contributed by atoms with Gasteiger partial charge in [-0.3, -0.25) is 4.90 Å². The highest BCUT2D eigenvalue weighted by Crippen LogP contribution is 2.30. The van der Waals surface area contributed by atoms with E-state index >= 15 is 0 Å². The predicted octanol–water partition coefficient (Wildman–Crippen LogP) is 2.17. The fraction of sp³-hybridized carbons (Fsp3) is 0.800. The van der Waals surface area contributed by atoms with Gasteiger partial charge >= 0.3 is 0 Å². The molecule has 1 aliphatic carbocycles. The summed E-state index contributed by atoms with van der Waals surface area (Å²) in [7, 11) is 0. The van der Waals surface area contributed by atoms with E-state index in [9.17, 15) is 0 Å². The number of hydrogen-bond donors (Lipinski definition) is 1. The molecule has 0 amide bonds. The fourth-order valence-corrected chi connectivity index (χ4v) is 3.58. The zero-order valence-electron chi connectivity index (χ0n) is 12.5. The van der Waals surface area contributed by atoms with Crippen LogP contribution in [0.5, 0.6) is 0 Å². The number of aromatic nitrogens is 1. The first-order chi connectivity index (χ1) is 9.85. The first kappa shape index (κ1) is 14.3. The first-order valence-corrected chi connectivity index (χ1v) is 8.85. The van der Waals surface area contributed by atoms with Crippen molar-refractivity contribution >= 4 is 16.5 Å². The summed E-state index contributed by atoms with van der Waals surface area (Å²) in [5, 5.41) is 6.84. The van der Waals surface area contributed by atoms with Gasteiger partial charge in [0.25, 0.3) is 0 Å². The Morgan fingerprint density at radius 1 is 1.30 bits per heavy atom. The zero-order chi connectivity index (χ0) is 13.8. The van der Waals surface area contributed by atoms with E-state index in [0.29, 0.717) is 0 Å². The molecule has 1 aromatic heterocycles. The lowest BCUT2D eigenvalue weighted by Crippen LogP contribution is -2.47. The fourth-order valence-electron chi connectivity index (χ4n) is 2.70. The van der Waals surface area contributed by atoms with Crippen LogP contribution in [0.25, 0.3) is 0 Å². The van der Waals surface area contributed by atoms with Crippen molar-refractivity contribution in [3.8, 4) is 0 Å². The molecule has 1 saturated heterocycles. The average molecular weight is 294 g/mol. The molecule has 0 unspecified atom stereocenters. The van der Waals surface area contributed by atoms with E-state index in [2.05, 4.69) is 27.4 Å². The summed E-state index contributed by atoms with van der Waals surface area (Å²) in [5.41, 5.74) is 1.19. The van der Waals surface area contributed by atoms with Crippen LogP contribution in [0.3, 0.4) is 0 Å². The highest BCUT2D eigenvalue weighted by Gasteiger charge is 2.26. The van der Waals surface area contributed by atoms with Crippen LogP contribution in [-0.4, -0.2) is 49.2 Å². The maximum absolute atomic E-state index is 4.77. The minimum Gasteiger partial charge on any atom is -0.346 e. The number of hydrogen-bond acceptors (Lipinski definition) is 5. The number of thiazole rings is 1. The minimum absolute atomic E-state index is 0.909. The van der Waals surface area contributed by atoms with E-state index in [-0.39, 0.29) is 0 Å². The van der Waals surface area contributed by atoms with Crippen molar-refractivity contribution in [3.63, 3.8) is 0 Å². The molecule has 2 heterocycles. The van der Waals surface area contributed by atoms with Crippen LogP contribution < -0.4 is 10.2 Å². The molecule has 112 valence electrons. The van der Waals surface area contributed by atoms with E-state index in [1.165, 1.54) is 49.7 Å². The number of nitrogens with zero attached hydrogens (tertiary/aromatic N) is 3. The number of piperazine rings is 1. The molecule has 3 rings (SSSR count). The predicted molar refractivity (Wildman–Crippen MR) is 85.5 cm³/mol. The Kier molecular flexibility index (Phi) is 4.91. The molecule has 1 aromatic rings. The van der Waals surface area contributed by atoms with Crippen LogP contribution in [0.2, 0.25) is 0 Å². The quantitative estimate of drug-likeness (QED) is 0.781. The Balaban J connectivity index is 1.44. The molecule has 0 bridgehead atoms. The van der Waals surface area contributed by atoms with Gasteiger partial charge in [-0.1, -0.05) is 6.92 Å². The molecule has 1 aliphatic heterocycles. The Morgan fingerprint density at radius 2 is 2.10 bits per heavy atom. The summed E-state index contributed by atoms with van der Waals surface area (Å²) in [4.78, 5) is 9.85. The van der Waals surface area contributed by atoms with Crippen LogP contribution in [0.4, 0.5) is 5.13 Å². The summed E-state index contributed by atoms with van der Waals surface area (Å²) < 4.78 is 0. The van der Waals surface area contributed by atoms with Crippen LogP contribution in [0, 0.1) is 5.92 Å². The first-order valence-electron chi connectivity index (χ1n) is 7.97. The lowest BCUT2D eigenvalue weighted by molar-refractivity contribution is 0.248. The van der Waals surface area contributed by atoms with Gasteiger partial charge in [0.1, 0.15) is 0 Å². The molecular weight excluding hydrogens is 268 g/mol. The van der Waals surface area contributed by atoms with Gasteiger partial charge in [0.2, 0.25) is 0 Å². The van der Waals surface area contributed by atoms with Gasteiger partial charge in [-0.05, 0) is 31.7 Å². The smallest absolute Gasteiger partial charge is 0.185 e.